The quantitative estimate of drug-likeness (QED) is 0.627. The molecule has 2 saturated heterocycles. The maximum absolute atomic E-state index is 13.5. The van der Waals surface area contributed by atoms with E-state index in [4.69, 9.17) is 9.47 Å². The van der Waals surface area contributed by atoms with E-state index in [1.54, 1.807) is 4.90 Å². The van der Waals surface area contributed by atoms with Gasteiger partial charge in [-0.05, 0) is 44.7 Å². The predicted octanol–water partition coefficient (Wildman–Crippen LogP) is 4.38. The number of hydrogen-bond acceptors (Lipinski definition) is 5. The number of nitrogens with zero attached hydrogens (tertiary/aromatic N) is 2. The Labute approximate surface area is 218 Å². The van der Waals surface area contributed by atoms with Gasteiger partial charge in [0.05, 0.1) is 0 Å². The van der Waals surface area contributed by atoms with E-state index in [1.807, 2.05) is 86.3 Å². The van der Waals surface area contributed by atoms with E-state index < -0.39 is 17.7 Å². The lowest BCUT2D eigenvalue weighted by Gasteiger charge is -2.53. The van der Waals surface area contributed by atoms with Gasteiger partial charge in [-0.3, -0.25) is 4.79 Å². The van der Waals surface area contributed by atoms with E-state index in [2.05, 4.69) is 5.32 Å². The fourth-order valence-electron chi connectivity index (χ4n) is 4.91. The minimum Gasteiger partial charge on any atom is -0.445 e. The predicted molar refractivity (Wildman–Crippen MR) is 140 cm³/mol. The highest BCUT2D eigenvalue weighted by atomic mass is 16.6. The first-order chi connectivity index (χ1) is 17.6. The van der Waals surface area contributed by atoms with Gasteiger partial charge in [-0.2, -0.15) is 0 Å². The van der Waals surface area contributed by atoms with Crippen LogP contribution in [0.25, 0.3) is 0 Å². The van der Waals surface area contributed by atoms with E-state index in [0.717, 1.165) is 24.0 Å². The van der Waals surface area contributed by atoms with Gasteiger partial charge in [0.15, 0.2) is 0 Å². The summed E-state index contributed by atoms with van der Waals surface area (Å²) in [5.74, 6) is -0.112. The smallest absolute Gasteiger partial charge is 0.410 e. The summed E-state index contributed by atoms with van der Waals surface area (Å²) in [4.78, 5) is 42.0. The van der Waals surface area contributed by atoms with Crippen LogP contribution in [-0.4, -0.2) is 65.7 Å². The van der Waals surface area contributed by atoms with Crippen LogP contribution in [0.2, 0.25) is 0 Å². The molecule has 0 aliphatic carbocycles. The molecular weight excluding hydrogens is 470 g/mol. The Balaban J connectivity index is 1.33. The standard InChI is InChI=1S/C29H37N3O5/c1-28(2,3)37-27(35)32-20-29(21-32)14-16-31(17-15-29)25(33)24(18-22-10-6-4-7-11-22)30-26(34)36-19-23-12-8-5-9-13-23/h4-13,24H,14-21H2,1-3H3,(H,30,34). The van der Waals surface area contributed by atoms with Gasteiger partial charge < -0.3 is 24.6 Å². The second-order valence-electron chi connectivity index (χ2n) is 11.1. The second kappa shape index (κ2) is 11.2. The van der Waals surface area contributed by atoms with Crippen molar-refractivity contribution >= 4 is 18.1 Å². The molecule has 1 unspecified atom stereocenters. The largest absolute Gasteiger partial charge is 0.445 e. The van der Waals surface area contributed by atoms with Crippen LogP contribution in [0.5, 0.6) is 0 Å². The summed E-state index contributed by atoms with van der Waals surface area (Å²) >= 11 is 0. The number of nitrogens with one attached hydrogen (secondary N) is 1. The van der Waals surface area contributed by atoms with Crippen molar-refractivity contribution in [2.45, 2.75) is 58.3 Å². The Kier molecular flexibility index (Phi) is 8.05. The number of alkyl carbamates (subject to hydrolysis) is 1. The molecule has 2 aliphatic rings. The molecular formula is C29H37N3O5. The summed E-state index contributed by atoms with van der Waals surface area (Å²) in [6, 6.07) is 18.4. The number of likely N-dealkylation sites (tertiary alicyclic amines) is 2. The van der Waals surface area contributed by atoms with Crippen LogP contribution in [0.3, 0.4) is 0 Å². The first-order valence-corrected chi connectivity index (χ1v) is 12.9. The molecule has 1 atom stereocenters. The van der Waals surface area contributed by atoms with Crippen LogP contribution in [-0.2, 0) is 27.3 Å². The number of carbonyl (C=O) groups excluding carboxylic acids is 3. The number of carbonyl (C=O) groups is 3. The average molecular weight is 508 g/mol. The average Bonchev–Trinajstić information content (AvgIpc) is 2.85. The molecule has 2 aliphatic heterocycles. The highest BCUT2D eigenvalue weighted by Crippen LogP contribution is 2.41. The van der Waals surface area contributed by atoms with Crippen molar-refractivity contribution in [1.29, 1.82) is 0 Å². The lowest BCUT2D eigenvalue weighted by atomic mass is 9.72. The maximum Gasteiger partial charge on any atom is 0.410 e. The van der Waals surface area contributed by atoms with Crippen LogP contribution in [0, 0.1) is 5.41 Å². The zero-order chi connectivity index (χ0) is 26.5. The van der Waals surface area contributed by atoms with Crippen molar-refractivity contribution in [2.24, 2.45) is 5.41 Å². The zero-order valence-corrected chi connectivity index (χ0v) is 21.9. The minimum absolute atomic E-state index is 0.0324. The van der Waals surface area contributed by atoms with Gasteiger partial charge in [0.2, 0.25) is 5.91 Å². The van der Waals surface area contributed by atoms with Gasteiger partial charge in [0, 0.05) is 38.0 Å². The fraction of sp³-hybridized carbons (Fsp3) is 0.483. The van der Waals surface area contributed by atoms with Gasteiger partial charge >= 0.3 is 12.2 Å². The maximum atomic E-state index is 13.5. The topological polar surface area (TPSA) is 88.2 Å². The summed E-state index contributed by atoms with van der Waals surface area (Å²) in [6.07, 6.45) is 1.12. The van der Waals surface area contributed by atoms with Gasteiger partial charge in [-0.15, -0.1) is 0 Å². The molecule has 8 heteroatoms. The van der Waals surface area contributed by atoms with Crippen molar-refractivity contribution in [3.8, 4) is 0 Å². The molecule has 8 nitrogen and oxygen atoms in total. The molecule has 1 N–H and O–H groups in total. The molecule has 198 valence electrons. The molecule has 0 aromatic heterocycles. The van der Waals surface area contributed by atoms with E-state index >= 15 is 0 Å². The summed E-state index contributed by atoms with van der Waals surface area (Å²) in [6.45, 7) is 8.22. The van der Waals surface area contributed by atoms with Crippen molar-refractivity contribution in [1.82, 2.24) is 15.1 Å². The van der Waals surface area contributed by atoms with Gasteiger partial charge in [-0.1, -0.05) is 60.7 Å². The third-order valence-corrected chi connectivity index (χ3v) is 6.93. The molecule has 2 heterocycles. The fourth-order valence-corrected chi connectivity index (χ4v) is 4.91. The van der Waals surface area contributed by atoms with Crippen molar-refractivity contribution in [3.63, 3.8) is 0 Å². The molecule has 2 aromatic carbocycles. The Morgan fingerprint density at radius 3 is 2.03 bits per heavy atom. The Morgan fingerprint density at radius 2 is 1.46 bits per heavy atom. The number of amides is 3. The van der Waals surface area contributed by atoms with Crippen LogP contribution in [0.4, 0.5) is 9.59 Å². The Hall–Kier alpha value is -3.55. The lowest BCUT2D eigenvalue weighted by molar-refractivity contribution is -0.138. The molecule has 37 heavy (non-hydrogen) atoms. The van der Waals surface area contributed by atoms with Gasteiger partial charge in [0.1, 0.15) is 18.2 Å². The van der Waals surface area contributed by atoms with E-state index in [1.165, 1.54) is 0 Å². The monoisotopic (exact) mass is 507 g/mol. The van der Waals surface area contributed by atoms with Crippen LogP contribution in [0.1, 0.15) is 44.7 Å². The first-order valence-electron chi connectivity index (χ1n) is 12.9. The number of benzene rings is 2. The molecule has 0 bridgehead atoms. The minimum atomic E-state index is -0.723. The third-order valence-electron chi connectivity index (χ3n) is 6.93. The summed E-state index contributed by atoms with van der Waals surface area (Å²) in [7, 11) is 0. The van der Waals surface area contributed by atoms with Crippen LogP contribution < -0.4 is 5.32 Å². The Bertz CT molecular complexity index is 1070. The lowest BCUT2D eigenvalue weighted by Crippen LogP contribution is -2.63. The van der Waals surface area contributed by atoms with Crippen molar-refractivity contribution < 1.29 is 23.9 Å². The zero-order valence-electron chi connectivity index (χ0n) is 21.9. The third kappa shape index (κ3) is 7.24. The van der Waals surface area contributed by atoms with E-state index in [-0.39, 0.29) is 24.0 Å². The van der Waals surface area contributed by atoms with Crippen LogP contribution >= 0.6 is 0 Å². The SMILES string of the molecule is CC(C)(C)OC(=O)N1CC2(CCN(C(=O)C(Cc3ccccc3)NC(=O)OCc3ccccc3)CC2)C1. The van der Waals surface area contributed by atoms with E-state index in [9.17, 15) is 14.4 Å². The molecule has 2 aromatic rings. The van der Waals surface area contributed by atoms with Gasteiger partial charge in [-0.25, -0.2) is 9.59 Å². The van der Waals surface area contributed by atoms with Crippen molar-refractivity contribution in [3.05, 3.63) is 71.8 Å². The molecule has 3 amide bonds. The number of ether oxygens (including phenoxy) is 2. The van der Waals surface area contributed by atoms with Crippen molar-refractivity contribution in [2.75, 3.05) is 26.2 Å². The number of rotatable bonds is 6. The molecule has 1 spiro atoms. The Morgan fingerprint density at radius 1 is 0.892 bits per heavy atom. The molecule has 4 rings (SSSR count). The molecule has 0 radical (unpaired) electrons. The summed E-state index contributed by atoms with van der Waals surface area (Å²) in [5.41, 5.74) is 1.36. The highest BCUT2D eigenvalue weighted by Gasteiger charge is 2.48. The molecule has 0 saturated carbocycles. The second-order valence-corrected chi connectivity index (χ2v) is 11.1. The normalized spacial score (nSPS) is 17.5. The first kappa shape index (κ1) is 26.5. The van der Waals surface area contributed by atoms with E-state index in [0.29, 0.717) is 32.6 Å². The molecule has 2 fully saturated rings. The summed E-state index contributed by atoms with van der Waals surface area (Å²) < 4.78 is 10.9. The number of piperidine rings is 1. The van der Waals surface area contributed by atoms with Crippen LogP contribution in [0.15, 0.2) is 60.7 Å². The van der Waals surface area contributed by atoms with Gasteiger partial charge in [0.25, 0.3) is 0 Å². The summed E-state index contributed by atoms with van der Waals surface area (Å²) in [5, 5.41) is 2.80. The highest BCUT2D eigenvalue weighted by molar-refractivity contribution is 5.86. The number of hydrogen-bond donors (Lipinski definition) is 1.